The van der Waals surface area contributed by atoms with E-state index in [-0.39, 0.29) is 5.75 Å². The quantitative estimate of drug-likeness (QED) is 0.538. The van der Waals surface area contributed by atoms with Crippen LogP contribution in [-0.2, 0) is 10.4 Å². The summed E-state index contributed by atoms with van der Waals surface area (Å²) in [5.41, 5.74) is -3.85. The van der Waals surface area contributed by atoms with Crippen molar-refractivity contribution in [3.8, 4) is 11.5 Å². The second-order valence-corrected chi connectivity index (χ2v) is 3.69. The van der Waals surface area contributed by atoms with Crippen molar-refractivity contribution in [2.75, 3.05) is 0 Å². The van der Waals surface area contributed by atoms with Crippen molar-refractivity contribution in [1.82, 2.24) is 0 Å². The number of phenolic OH excluding ortho intramolecular Hbond substituents is 1. The Labute approximate surface area is 93.2 Å². The summed E-state index contributed by atoms with van der Waals surface area (Å²) in [6, 6.07) is 2.71. The van der Waals surface area contributed by atoms with Crippen LogP contribution in [-0.4, -0.2) is 22.4 Å². The minimum atomic E-state index is -5.00. The number of rotatable bonds is 0. The minimum absolute atomic E-state index is 0.358. The Bertz CT molecular complexity index is 483. The molecule has 1 aliphatic rings. The van der Waals surface area contributed by atoms with Crippen LogP contribution >= 0.6 is 0 Å². The van der Waals surface area contributed by atoms with Crippen molar-refractivity contribution < 1.29 is 32.9 Å². The molecule has 0 aliphatic carbocycles. The predicted octanol–water partition coefficient (Wildman–Crippen LogP) is 1.45. The first-order valence-electron chi connectivity index (χ1n) is 4.57. The van der Waals surface area contributed by atoms with E-state index in [9.17, 15) is 23.1 Å². The van der Waals surface area contributed by atoms with Crippen molar-refractivity contribution in [3.63, 3.8) is 0 Å². The molecule has 7 heteroatoms. The average Bonchev–Trinajstić information content (AvgIpc) is 2.14. The zero-order chi connectivity index (χ0) is 12.8. The highest BCUT2D eigenvalue weighted by molar-refractivity contribution is 5.77. The number of alkyl halides is 3. The molecule has 1 atom stereocenters. The second-order valence-electron chi connectivity index (χ2n) is 3.69. The van der Waals surface area contributed by atoms with Gasteiger partial charge < -0.3 is 14.9 Å². The van der Waals surface area contributed by atoms with Crippen LogP contribution in [0.15, 0.2) is 18.2 Å². The normalized spacial score (nSPS) is 24.1. The van der Waals surface area contributed by atoms with E-state index in [2.05, 4.69) is 4.74 Å². The Morgan fingerprint density at radius 1 is 1.35 bits per heavy atom. The third-order valence-electron chi connectivity index (χ3n) is 2.50. The lowest BCUT2D eigenvalue weighted by molar-refractivity contribution is -0.271. The van der Waals surface area contributed by atoms with Gasteiger partial charge in [0.2, 0.25) is 0 Å². The number of aromatic hydroxyl groups is 1. The number of phenols is 1. The number of fused-ring (bicyclic) bond motifs is 1. The van der Waals surface area contributed by atoms with Gasteiger partial charge in [-0.2, -0.15) is 13.2 Å². The molecule has 0 saturated carbocycles. The Hall–Kier alpha value is -1.76. The molecule has 4 nitrogen and oxygen atoms in total. The van der Waals surface area contributed by atoms with Crippen LogP contribution in [0.4, 0.5) is 13.2 Å². The zero-order valence-electron chi connectivity index (χ0n) is 8.28. The summed E-state index contributed by atoms with van der Waals surface area (Å²) < 4.78 is 42.8. The van der Waals surface area contributed by atoms with Crippen molar-refractivity contribution >= 4 is 5.97 Å². The van der Waals surface area contributed by atoms with Crippen LogP contribution in [0.1, 0.15) is 12.0 Å². The maximum atomic E-state index is 12.8. The number of aliphatic hydroxyl groups is 1. The highest BCUT2D eigenvalue weighted by Gasteiger charge is 2.59. The molecule has 0 amide bonds. The predicted molar refractivity (Wildman–Crippen MR) is 48.3 cm³/mol. The van der Waals surface area contributed by atoms with Gasteiger partial charge in [0.15, 0.2) is 5.60 Å². The van der Waals surface area contributed by atoms with Gasteiger partial charge in [0, 0.05) is 11.6 Å². The summed E-state index contributed by atoms with van der Waals surface area (Å²) in [7, 11) is 0. The lowest BCUT2D eigenvalue weighted by Gasteiger charge is -2.34. The highest BCUT2D eigenvalue weighted by Crippen LogP contribution is 2.48. The Morgan fingerprint density at radius 3 is 2.59 bits per heavy atom. The molecule has 1 unspecified atom stereocenters. The minimum Gasteiger partial charge on any atom is -0.508 e. The molecule has 2 rings (SSSR count). The highest BCUT2D eigenvalue weighted by atomic mass is 19.4. The van der Waals surface area contributed by atoms with Crippen LogP contribution in [0.3, 0.4) is 0 Å². The third kappa shape index (κ3) is 1.72. The topological polar surface area (TPSA) is 66.8 Å². The van der Waals surface area contributed by atoms with Gasteiger partial charge in [0.25, 0.3) is 0 Å². The number of esters is 1. The number of ether oxygens (including phenoxy) is 1. The lowest BCUT2D eigenvalue weighted by atomic mass is 9.87. The molecule has 1 aliphatic heterocycles. The van der Waals surface area contributed by atoms with Crippen LogP contribution < -0.4 is 4.74 Å². The number of halogens is 3. The first-order chi connectivity index (χ1) is 7.74. The summed E-state index contributed by atoms with van der Waals surface area (Å²) in [5, 5.41) is 18.7. The third-order valence-corrected chi connectivity index (χ3v) is 2.50. The van der Waals surface area contributed by atoms with Crippen LogP contribution in [0.5, 0.6) is 11.5 Å². The first kappa shape index (κ1) is 11.7. The van der Waals surface area contributed by atoms with E-state index in [1.54, 1.807) is 0 Å². The van der Waals surface area contributed by atoms with Gasteiger partial charge in [-0.15, -0.1) is 0 Å². The van der Waals surface area contributed by atoms with Gasteiger partial charge in [-0.3, -0.25) is 4.79 Å². The molecule has 0 saturated heterocycles. The summed E-state index contributed by atoms with van der Waals surface area (Å²) in [4.78, 5) is 11.0. The Kier molecular flexibility index (Phi) is 2.32. The van der Waals surface area contributed by atoms with E-state index in [1.807, 2.05) is 0 Å². The van der Waals surface area contributed by atoms with Crippen LogP contribution in [0, 0.1) is 0 Å². The molecule has 0 bridgehead atoms. The fraction of sp³-hybridized carbons (Fsp3) is 0.300. The SMILES string of the molecule is O=C1CC(O)(C(F)(F)F)c2ccc(O)cc2O1. The first-order valence-corrected chi connectivity index (χ1v) is 4.57. The van der Waals surface area contributed by atoms with Crippen molar-refractivity contribution in [3.05, 3.63) is 23.8 Å². The molecule has 0 aromatic heterocycles. The largest absolute Gasteiger partial charge is 0.508 e. The molecule has 0 spiro atoms. The monoisotopic (exact) mass is 248 g/mol. The van der Waals surface area contributed by atoms with Crippen molar-refractivity contribution in [2.24, 2.45) is 0 Å². The summed E-state index contributed by atoms with van der Waals surface area (Å²) >= 11 is 0. The van der Waals surface area contributed by atoms with E-state index >= 15 is 0 Å². The van der Waals surface area contributed by atoms with E-state index < -0.39 is 35.5 Å². The number of benzene rings is 1. The maximum Gasteiger partial charge on any atom is 0.422 e. The van der Waals surface area contributed by atoms with Gasteiger partial charge in [0.1, 0.15) is 11.5 Å². The maximum absolute atomic E-state index is 12.8. The van der Waals surface area contributed by atoms with Gasteiger partial charge >= 0.3 is 12.1 Å². The number of carbonyl (C=O) groups excluding carboxylic acids is 1. The zero-order valence-corrected chi connectivity index (χ0v) is 8.28. The van der Waals surface area contributed by atoms with Gasteiger partial charge in [0.05, 0.1) is 6.42 Å². The molecular formula is C10H7F3O4. The fourth-order valence-electron chi connectivity index (χ4n) is 1.65. The summed E-state index contributed by atoms with van der Waals surface area (Å²) in [6.45, 7) is 0. The van der Waals surface area contributed by atoms with E-state index in [0.717, 1.165) is 18.2 Å². The van der Waals surface area contributed by atoms with E-state index in [0.29, 0.717) is 0 Å². The molecule has 1 aromatic rings. The smallest absolute Gasteiger partial charge is 0.422 e. The van der Waals surface area contributed by atoms with Gasteiger partial charge in [-0.25, -0.2) is 0 Å². The standard InChI is InChI=1S/C10H7F3O4/c11-10(12,13)9(16)4-8(15)17-7-3-5(14)1-2-6(7)9/h1-3,14,16H,4H2. The van der Waals surface area contributed by atoms with Gasteiger partial charge in [-0.1, -0.05) is 0 Å². The number of hydrogen-bond donors (Lipinski definition) is 2. The molecule has 2 N–H and O–H groups in total. The van der Waals surface area contributed by atoms with E-state index in [1.165, 1.54) is 0 Å². The summed E-state index contributed by atoms with van der Waals surface area (Å²) in [5.74, 6) is -2.05. The van der Waals surface area contributed by atoms with Crippen molar-refractivity contribution in [2.45, 2.75) is 18.2 Å². The van der Waals surface area contributed by atoms with Gasteiger partial charge in [-0.05, 0) is 12.1 Å². The Morgan fingerprint density at radius 2 is 2.00 bits per heavy atom. The number of hydrogen-bond acceptors (Lipinski definition) is 4. The molecule has 17 heavy (non-hydrogen) atoms. The Balaban J connectivity index is 2.63. The van der Waals surface area contributed by atoms with Crippen LogP contribution in [0.2, 0.25) is 0 Å². The number of carbonyl (C=O) groups is 1. The molecular weight excluding hydrogens is 241 g/mol. The van der Waals surface area contributed by atoms with E-state index in [4.69, 9.17) is 5.11 Å². The molecule has 1 heterocycles. The molecule has 92 valence electrons. The summed E-state index contributed by atoms with van der Waals surface area (Å²) in [6.07, 6.45) is -6.20. The fourth-order valence-corrected chi connectivity index (χ4v) is 1.65. The molecule has 1 aromatic carbocycles. The molecule has 0 fully saturated rings. The average molecular weight is 248 g/mol. The second kappa shape index (κ2) is 3.36. The lowest BCUT2D eigenvalue weighted by Crippen LogP contribution is -2.47. The molecule has 0 radical (unpaired) electrons. The van der Waals surface area contributed by atoms with Crippen LogP contribution in [0.25, 0.3) is 0 Å². The van der Waals surface area contributed by atoms with Crippen molar-refractivity contribution in [1.29, 1.82) is 0 Å².